The number of aliphatic hydroxyl groups excluding tert-OH is 1. The quantitative estimate of drug-likeness (QED) is 0.857. The Morgan fingerprint density at radius 3 is 2.76 bits per heavy atom. The molecule has 0 amide bonds. The molecule has 7 heteroatoms. The molecule has 0 spiro atoms. The number of aliphatic hydroxyl groups is 1. The minimum Gasteiger partial charge on any atom is -0.385 e. The Balaban J connectivity index is 2.21. The summed E-state index contributed by atoms with van der Waals surface area (Å²) in [5.41, 5.74) is 0.198. The van der Waals surface area contributed by atoms with E-state index in [0.29, 0.717) is 37.1 Å². The second-order valence-corrected chi connectivity index (χ2v) is 6.16. The number of morpholine rings is 1. The topological polar surface area (TPSA) is 59.8 Å². The average molecular weight is 318 g/mol. The van der Waals surface area contributed by atoms with Gasteiger partial charge >= 0.3 is 0 Å². The van der Waals surface area contributed by atoms with Crippen molar-refractivity contribution in [3.8, 4) is 0 Å². The molecule has 1 saturated heterocycles. The van der Waals surface area contributed by atoms with Crippen LogP contribution in [0.1, 0.15) is 25.6 Å². The number of ether oxygens (including phenoxy) is 2. The van der Waals surface area contributed by atoms with Crippen LogP contribution in [0.2, 0.25) is 5.02 Å². The van der Waals surface area contributed by atoms with Gasteiger partial charge in [-0.3, -0.25) is 9.58 Å². The molecule has 6 nitrogen and oxygen atoms in total. The number of hydrogen-bond acceptors (Lipinski definition) is 5. The van der Waals surface area contributed by atoms with Gasteiger partial charge in [0.2, 0.25) is 0 Å². The van der Waals surface area contributed by atoms with E-state index in [-0.39, 0.29) is 0 Å². The van der Waals surface area contributed by atoms with Gasteiger partial charge in [-0.1, -0.05) is 11.6 Å². The number of rotatable bonds is 6. The van der Waals surface area contributed by atoms with E-state index >= 15 is 0 Å². The van der Waals surface area contributed by atoms with Crippen molar-refractivity contribution in [2.24, 2.45) is 0 Å². The summed E-state index contributed by atoms with van der Waals surface area (Å²) in [6, 6.07) is 0. The van der Waals surface area contributed by atoms with Gasteiger partial charge in [0.25, 0.3) is 0 Å². The van der Waals surface area contributed by atoms with Crippen LogP contribution in [0.4, 0.5) is 0 Å². The van der Waals surface area contributed by atoms with Crippen LogP contribution >= 0.6 is 11.6 Å². The molecule has 2 heterocycles. The van der Waals surface area contributed by atoms with Gasteiger partial charge in [-0.25, -0.2) is 0 Å². The van der Waals surface area contributed by atoms with Crippen LogP contribution in [0.15, 0.2) is 6.20 Å². The van der Waals surface area contributed by atoms with Crippen LogP contribution in [0.3, 0.4) is 0 Å². The Morgan fingerprint density at radius 2 is 2.14 bits per heavy atom. The number of hydrogen-bond donors (Lipinski definition) is 1. The number of aromatic nitrogens is 2. The third kappa shape index (κ3) is 3.57. The van der Waals surface area contributed by atoms with Gasteiger partial charge < -0.3 is 14.6 Å². The summed E-state index contributed by atoms with van der Waals surface area (Å²) in [4.78, 5) is 2.23. The summed E-state index contributed by atoms with van der Waals surface area (Å²) in [7, 11) is 1.64. The van der Waals surface area contributed by atoms with Crippen molar-refractivity contribution in [1.82, 2.24) is 14.7 Å². The molecular weight excluding hydrogens is 294 g/mol. The molecule has 0 aromatic carbocycles. The predicted molar refractivity (Wildman–Crippen MR) is 80.5 cm³/mol. The predicted octanol–water partition coefficient (Wildman–Crippen LogP) is 1.33. The second-order valence-electron chi connectivity index (χ2n) is 5.75. The summed E-state index contributed by atoms with van der Waals surface area (Å²) in [6.07, 6.45) is 0.841. The van der Waals surface area contributed by atoms with Crippen molar-refractivity contribution < 1.29 is 14.6 Å². The summed E-state index contributed by atoms with van der Waals surface area (Å²) >= 11 is 6.24. The van der Waals surface area contributed by atoms with Gasteiger partial charge in [0.1, 0.15) is 6.10 Å². The maximum Gasteiger partial charge on any atom is 0.115 e. The van der Waals surface area contributed by atoms with E-state index in [0.717, 1.165) is 13.1 Å². The average Bonchev–Trinajstić information content (AvgIpc) is 2.86. The molecule has 1 fully saturated rings. The Labute approximate surface area is 130 Å². The normalized spacial score (nSPS) is 18.9. The van der Waals surface area contributed by atoms with Crippen LogP contribution in [-0.2, 0) is 16.0 Å². The highest BCUT2D eigenvalue weighted by Gasteiger charge is 2.38. The minimum absolute atomic E-state index is 0.446. The zero-order valence-corrected chi connectivity index (χ0v) is 13.6. The highest BCUT2D eigenvalue weighted by atomic mass is 35.5. The van der Waals surface area contributed by atoms with Crippen molar-refractivity contribution in [3.05, 3.63) is 16.9 Å². The Bertz CT molecular complexity index is 458. The van der Waals surface area contributed by atoms with Crippen molar-refractivity contribution >= 4 is 11.6 Å². The maximum absolute atomic E-state index is 10.9. The van der Waals surface area contributed by atoms with Crippen LogP contribution in [0.5, 0.6) is 0 Å². The Kier molecular flexibility index (Phi) is 5.62. The third-order valence-electron chi connectivity index (χ3n) is 4.09. The smallest absolute Gasteiger partial charge is 0.115 e. The monoisotopic (exact) mass is 317 g/mol. The zero-order valence-electron chi connectivity index (χ0n) is 12.9. The Hall–Kier alpha value is -0.660. The maximum atomic E-state index is 10.9. The first-order chi connectivity index (χ1) is 9.98. The van der Waals surface area contributed by atoms with Crippen molar-refractivity contribution in [3.63, 3.8) is 0 Å². The van der Waals surface area contributed by atoms with Crippen LogP contribution in [0, 0.1) is 0 Å². The molecule has 0 bridgehead atoms. The molecule has 1 unspecified atom stereocenters. The summed E-state index contributed by atoms with van der Waals surface area (Å²) < 4.78 is 12.2. The van der Waals surface area contributed by atoms with Crippen LogP contribution in [-0.4, -0.2) is 65.3 Å². The molecule has 21 heavy (non-hydrogen) atoms. The fourth-order valence-electron chi connectivity index (χ4n) is 2.65. The first-order valence-electron chi connectivity index (χ1n) is 7.19. The summed E-state index contributed by atoms with van der Waals surface area (Å²) in [5, 5.41) is 15.6. The molecule has 1 atom stereocenters. The van der Waals surface area contributed by atoms with E-state index in [2.05, 4.69) is 10.00 Å². The molecule has 1 aliphatic rings. The first-order valence-corrected chi connectivity index (χ1v) is 7.57. The molecule has 0 radical (unpaired) electrons. The second kappa shape index (κ2) is 7.07. The molecule has 1 N–H and O–H groups in total. The molecule has 1 aromatic rings. The fourth-order valence-corrected chi connectivity index (χ4v) is 2.89. The van der Waals surface area contributed by atoms with Gasteiger partial charge in [0.15, 0.2) is 0 Å². The molecule has 1 aromatic heterocycles. The number of methoxy groups -OCH3 is 1. The fraction of sp³-hybridized carbons (Fsp3) is 0.786. The summed E-state index contributed by atoms with van der Waals surface area (Å²) in [6.45, 7) is 8.10. The van der Waals surface area contributed by atoms with E-state index in [9.17, 15) is 5.11 Å². The van der Waals surface area contributed by atoms with E-state index in [1.807, 2.05) is 13.8 Å². The van der Waals surface area contributed by atoms with E-state index in [1.54, 1.807) is 18.0 Å². The Morgan fingerprint density at radius 1 is 1.48 bits per heavy atom. The molecule has 2 rings (SSSR count). The zero-order chi connectivity index (χ0) is 15.5. The first kappa shape index (κ1) is 16.7. The third-order valence-corrected chi connectivity index (χ3v) is 4.39. The van der Waals surface area contributed by atoms with Gasteiger partial charge in [0.05, 0.1) is 43.3 Å². The molecule has 0 aliphatic carbocycles. The number of halogens is 1. The highest BCUT2D eigenvalue weighted by Crippen LogP contribution is 2.35. The van der Waals surface area contributed by atoms with E-state index < -0.39 is 11.6 Å². The lowest BCUT2D eigenvalue weighted by Gasteiger charge is -2.43. The molecule has 120 valence electrons. The lowest BCUT2D eigenvalue weighted by atomic mass is 9.92. The lowest BCUT2D eigenvalue weighted by Crippen LogP contribution is -2.53. The van der Waals surface area contributed by atoms with Crippen molar-refractivity contribution in [1.29, 1.82) is 0 Å². The van der Waals surface area contributed by atoms with Crippen LogP contribution < -0.4 is 0 Å². The van der Waals surface area contributed by atoms with Gasteiger partial charge in [-0.15, -0.1) is 0 Å². The highest BCUT2D eigenvalue weighted by molar-refractivity contribution is 6.31. The SMILES string of the molecule is COCCn1ncc(Cl)c1C(O)C(C)(C)N1CCOCC1. The van der Waals surface area contributed by atoms with Crippen molar-refractivity contribution in [2.75, 3.05) is 40.0 Å². The number of nitrogens with zero attached hydrogens (tertiary/aromatic N) is 3. The largest absolute Gasteiger partial charge is 0.385 e. The van der Waals surface area contributed by atoms with Gasteiger partial charge in [-0.05, 0) is 13.8 Å². The van der Waals surface area contributed by atoms with Crippen LogP contribution in [0.25, 0.3) is 0 Å². The minimum atomic E-state index is -0.734. The molecular formula is C14H24ClN3O3. The molecule has 1 aliphatic heterocycles. The standard InChI is InChI=1S/C14H24ClN3O3/c1-14(2,17-4-8-21-9-5-17)13(19)12-11(15)10-16-18(12)6-7-20-3/h10,13,19H,4-9H2,1-3H3. The van der Waals surface area contributed by atoms with Crippen molar-refractivity contribution in [2.45, 2.75) is 32.0 Å². The van der Waals surface area contributed by atoms with Gasteiger partial charge in [0, 0.05) is 25.7 Å². The summed E-state index contributed by atoms with van der Waals surface area (Å²) in [5.74, 6) is 0. The van der Waals surface area contributed by atoms with E-state index in [1.165, 1.54) is 0 Å². The lowest BCUT2D eigenvalue weighted by molar-refractivity contribution is -0.0656. The van der Waals surface area contributed by atoms with E-state index in [4.69, 9.17) is 21.1 Å². The molecule has 0 saturated carbocycles. The van der Waals surface area contributed by atoms with Gasteiger partial charge in [-0.2, -0.15) is 5.10 Å².